The smallest absolute Gasteiger partial charge is 0.233 e. The minimum Gasteiger partial charge on any atom is -0.295 e. The zero-order valence-corrected chi connectivity index (χ0v) is 58.6. The molecule has 7 fully saturated rings. The Kier molecular flexibility index (Phi) is 23.9. The summed E-state index contributed by atoms with van der Waals surface area (Å²) in [6, 6.07) is 19.1. The van der Waals surface area contributed by atoms with Gasteiger partial charge in [-0.25, -0.2) is 0 Å². The number of carbonyl (C=O) groups excluding carboxylic acids is 6. The normalized spacial score (nSPS) is 27.0. The molecule has 506 valence electrons. The van der Waals surface area contributed by atoms with Gasteiger partial charge in [-0.3, -0.25) is 53.1 Å². The van der Waals surface area contributed by atoms with E-state index in [9.17, 15) is 9.59 Å². The molecule has 0 bridgehead atoms. The maximum absolute atomic E-state index is 16.1. The van der Waals surface area contributed by atoms with Crippen LogP contribution in [0.3, 0.4) is 0 Å². The SMILES string of the molecule is CCCCCCCCCCCCCCCCCCN1C(=O)C(CC(C)(c2ccccc2)C2CC(=O)N(C3CC(C)(C)N(OC4CCCCC4)C(C)(C)C3)C2=O)C(C(C)(CC2CC(=O)N(C3CC(C)(C)N(OC4CCCCC4)C(C)(C)C3)C2=O)c2ccccc2)C1=O. The third kappa shape index (κ3) is 16.3. The summed E-state index contributed by atoms with van der Waals surface area (Å²) < 4.78 is 0. The summed E-state index contributed by atoms with van der Waals surface area (Å²) in [7, 11) is 0. The van der Waals surface area contributed by atoms with Crippen molar-refractivity contribution in [3.05, 3.63) is 71.8 Å². The lowest BCUT2D eigenvalue weighted by atomic mass is 9.58. The summed E-state index contributed by atoms with van der Waals surface area (Å²) in [5, 5.41) is 4.34. The van der Waals surface area contributed by atoms with Crippen molar-refractivity contribution >= 4 is 35.4 Å². The molecule has 6 amide bonds. The summed E-state index contributed by atoms with van der Waals surface area (Å²) in [6.07, 6.45) is 33.5. The Bertz CT molecular complexity index is 2720. The van der Waals surface area contributed by atoms with Crippen molar-refractivity contribution in [2.24, 2.45) is 23.7 Å². The highest BCUT2D eigenvalue weighted by atomic mass is 16.7. The van der Waals surface area contributed by atoms with E-state index < -0.39 is 56.7 Å². The molecule has 2 aliphatic carbocycles. The molecular formula is C78H121N5O8. The van der Waals surface area contributed by atoms with E-state index in [2.05, 4.69) is 86.3 Å². The van der Waals surface area contributed by atoms with Gasteiger partial charge in [-0.1, -0.05) is 216 Å². The Hall–Kier alpha value is -4.30. The molecule has 0 radical (unpaired) electrons. The lowest BCUT2D eigenvalue weighted by Crippen LogP contribution is -2.65. The molecule has 91 heavy (non-hydrogen) atoms. The number of nitrogens with zero attached hydrogens (tertiary/aromatic N) is 5. The zero-order valence-electron chi connectivity index (χ0n) is 58.6. The summed E-state index contributed by atoms with van der Waals surface area (Å²) in [5.74, 6) is -4.79. The fourth-order valence-electron chi connectivity index (χ4n) is 19.0. The molecular weight excluding hydrogens is 1130 g/mol. The quantitative estimate of drug-likeness (QED) is 0.0530. The summed E-state index contributed by atoms with van der Waals surface area (Å²) in [6.45, 7) is 24.0. The predicted octanol–water partition coefficient (Wildman–Crippen LogP) is 16.9. The van der Waals surface area contributed by atoms with Crippen molar-refractivity contribution < 1.29 is 38.4 Å². The number of piperidine rings is 2. The van der Waals surface area contributed by atoms with Crippen molar-refractivity contribution in [3.8, 4) is 0 Å². The van der Waals surface area contributed by atoms with E-state index in [0.717, 1.165) is 81.8 Å². The molecule has 0 N–H and O–H groups in total. The first-order valence-electron chi connectivity index (χ1n) is 37.0. The van der Waals surface area contributed by atoms with E-state index in [1.54, 1.807) is 9.80 Å². The number of hydrogen-bond acceptors (Lipinski definition) is 10. The number of benzene rings is 2. The first kappa shape index (κ1) is 71.0. The van der Waals surface area contributed by atoms with Gasteiger partial charge >= 0.3 is 0 Å². The maximum atomic E-state index is 16.1. The molecule has 0 spiro atoms. The standard InChI is InChI=1S/C78H121N5O8/c1-12-13-14-15-16-17-18-19-20-21-22-23-24-25-26-39-48-79-70(87)64(56-77(10,58-40-31-27-32-41-58)65-50-67(85)81(71(65)88)61-54-75(6,7)83(76(8,9)55-61)91-63-46-37-30-38-47-63)68(72(79)89)78(11,59-42-33-28-34-43-59)51-57-49-66(84)80(69(57)86)60-52-73(2,3)82(74(4,5)53-60)90-62-44-35-29-36-45-62/h27-28,31-34,40-43,57,60-65,68H,12-26,29-30,35-39,44-56H2,1-11H3. The van der Waals surface area contributed by atoms with Gasteiger partial charge in [-0.15, -0.1) is 0 Å². The third-order valence-electron chi connectivity index (χ3n) is 23.3. The molecule has 5 heterocycles. The van der Waals surface area contributed by atoms with E-state index in [1.165, 1.54) is 94.8 Å². The largest absolute Gasteiger partial charge is 0.295 e. The van der Waals surface area contributed by atoms with Crippen LogP contribution in [0.4, 0.5) is 0 Å². The Morgan fingerprint density at radius 3 is 1.25 bits per heavy atom. The van der Waals surface area contributed by atoms with Crippen LogP contribution in [0, 0.1) is 23.7 Å². The van der Waals surface area contributed by atoms with Gasteiger partial charge in [0.1, 0.15) is 0 Å². The lowest BCUT2D eigenvalue weighted by Gasteiger charge is -2.56. The molecule has 13 nitrogen and oxygen atoms in total. The van der Waals surface area contributed by atoms with E-state index in [4.69, 9.17) is 9.68 Å². The van der Waals surface area contributed by atoms with Crippen molar-refractivity contribution in [2.75, 3.05) is 6.54 Å². The van der Waals surface area contributed by atoms with E-state index in [1.807, 2.05) is 60.7 Å². The van der Waals surface area contributed by atoms with Crippen LogP contribution in [0.2, 0.25) is 0 Å². The molecule has 6 unspecified atom stereocenters. The average Bonchev–Trinajstić information content (AvgIpc) is 1.64. The van der Waals surface area contributed by atoms with Crippen LogP contribution in [-0.2, 0) is 49.3 Å². The fourth-order valence-corrected chi connectivity index (χ4v) is 19.0. The van der Waals surface area contributed by atoms with E-state index in [-0.39, 0.29) is 92.0 Å². The van der Waals surface area contributed by atoms with Gasteiger partial charge in [0.25, 0.3) is 0 Å². The molecule has 2 saturated carbocycles. The Morgan fingerprint density at radius 2 is 0.824 bits per heavy atom. The van der Waals surface area contributed by atoms with Crippen molar-refractivity contribution in [3.63, 3.8) is 0 Å². The maximum Gasteiger partial charge on any atom is 0.233 e. The van der Waals surface area contributed by atoms with Gasteiger partial charge in [0, 0.05) is 70.4 Å². The number of imide groups is 3. The van der Waals surface area contributed by atoms with Gasteiger partial charge in [-0.2, -0.15) is 10.1 Å². The van der Waals surface area contributed by atoms with E-state index >= 15 is 19.2 Å². The third-order valence-corrected chi connectivity index (χ3v) is 23.3. The number of rotatable bonds is 31. The molecule has 13 heteroatoms. The summed E-state index contributed by atoms with van der Waals surface area (Å²) in [5.41, 5.74) is -2.43. The molecule has 2 aromatic carbocycles. The minimum absolute atomic E-state index is 0.0127. The molecule has 5 saturated heterocycles. The average molecular weight is 1260 g/mol. The molecule has 7 aliphatic rings. The summed E-state index contributed by atoms with van der Waals surface area (Å²) in [4.78, 5) is 111. The number of hydroxylamine groups is 4. The van der Waals surface area contributed by atoms with Crippen molar-refractivity contribution in [1.82, 2.24) is 24.8 Å². The minimum atomic E-state index is -1.11. The molecule has 2 aromatic rings. The van der Waals surface area contributed by atoms with Crippen LogP contribution < -0.4 is 0 Å². The van der Waals surface area contributed by atoms with Gasteiger partial charge in [0.2, 0.25) is 35.4 Å². The second-order valence-corrected chi connectivity index (χ2v) is 32.7. The van der Waals surface area contributed by atoms with Crippen LogP contribution in [-0.4, -0.2) is 113 Å². The van der Waals surface area contributed by atoms with Crippen molar-refractivity contribution in [2.45, 2.75) is 352 Å². The highest BCUT2D eigenvalue weighted by molar-refractivity contribution is 6.07. The van der Waals surface area contributed by atoms with Crippen LogP contribution >= 0.6 is 0 Å². The lowest BCUT2D eigenvalue weighted by molar-refractivity contribution is -0.313. The second kappa shape index (κ2) is 30.6. The topological polar surface area (TPSA) is 137 Å². The monoisotopic (exact) mass is 1260 g/mol. The van der Waals surface area contributed by atoms with Gasteiger partial charge in [-0.05, 0) is 137 Å². The van der Waals surface area contributed by atoms with Crippen LogP contribution in [0.5, 0.6) is 0 Å². The molecule has 0 aromatic heterocycles. The predicted molar refractivity (Wildman–Crippen MR) is 362 cm³/mol. The molecule has 6 atom stereocenters. The highest BCUT2D eigenvalue weighted by Crippen LogP contribution is 2.55. The zero-order chi connectivity index (χ0) is 65.4. The first-order chi connectivity index (χ1) is 43.3. The number of unbranched alkanes of at least 4 members (excludes halogenated alkanes) is 15. The number of likely N-dealkylation sites (tertiary alicyclic amines) is 3. The van der Waals surface area contributed by atoms with Gasteiger partial charge in [0.15, 0.2) is 0 Å². The Morgan fingerprint density at radius 1 is 0.440 bits per heavy atom. The molecule has 9 rings (SSSR count). The van der Waals surface area contributed by atoms with Gasteiger partial charge < -0.3 is 0 Å². The van der Waals surface area contributed by atoms with Gasteiger partial charge in [0.05, 0.1) is 30.0 Å². The van der Waals surface area contributed by atoms with Crippen LogP contribution in [0.25, 0.3) is 0 Å². The second-order valence-electron chi connectivity index (χ2n) is 32.7. The number of carbonyl (C=O) groups is 6. The highest BCUT2D eigenvalue weighted by Gasteiger charge is 2.63. The first-order valence-corrected chi connectivity index (χ1v) is 37.0. The summed E-state index contributed by atoms with van der Waals surface area (Å²) >= 11 is 0. The van der Waals surface area contributed by atoms with Crippen molar-refractivity contribution in [1.29, 1.82) is 0 Å². The fraction of sp³-hybridized carbons (Fsp3) is 0.769. The Labute approximate surface area is 549 Å². The number of amides is 6. The van der Waals surface area contributed by atoms with Crippen LogP contribution in [0.15, 0.2) is 60.7 Å². The molecule has 5 aliphatic heterocycles. The van der Waals surface area contributed by atoms with E-state index in [0.29, 0.717) is 32.1 Å². The Balaban J connectivity index is 0.979. The van der Waals surface area contributed by atoms with Crippen LogP contribution in [0.1, 0.15) is 306 Å². The number of hydrogen-bond donors (Lipinski definition) is 0.